The Bertz CT molecular complexity index is 837. The normalized spacial score (nSPS) is 10.5. The van der Waals surface area contributed by atoms with E-state index in [4.69, 9.17) is 5.73 Å². The maximum absolute atomic E-state index is 14.4. The minimum absolute atomic E-state index is 0. The Labute approximate surface area is 132 Å². The molecule has 2 aromatic heterocycles. The molecule has 0 unspecified atom stereocenters. The first-order chi connectivity index (χ1) is 10.1. The Morgan fingerprint density at radius 3 is 2.68 bits per heavy atom. The number of halogens is 3. The third kappa shape index (κ3) is 2.60. The lowest BCUT2D eigenvalue weighted by atomic mass is 9.98. The summed E-state index contributed by atoms with van der Waals surface area (Å²) < 4.78 is 28.2. The Kier molecular flexibility index (Phi) is 4.56. The average Bonchev–Trinajstić information content (AvgIpc) is 2.49. The van der Waals surface area contributed by atoms with Crippen LogP contribution in [0.25, 0.3) is 22.0 Å². The van der Waals surface area contributed by atoms with Gasteiger partial charge < -0.3 is 5.73 Å². The molecule has 0 aliphatic carbocycles. The topological polar surface area (TPSA) is 51.8 Å². The third-order valence-corrected chi connectivity index (χ3v) is 3.39. The molecule has 3 nitrogen and oxygen atoms in total. The number of aryl methyl sites for hydroxylation is 1. The number of rotatable bonds is 2. The Morgan fingerprint density at radius 2 is 1.95 bits per heavy atom. The van der Waals surface area contributed by atoms with Crippen LogP contribution >= 0.6 is 12.4 Å². The van der Waals surface area contributed by atoms with Crippen LogP contribution in [0.15, 0.2) is 36.5 Å². The van der Waals surface area contributed by atoms with Gasteiger partial charge in [-0.3, -0.25) is 4.98 Å². The van der Waals surface area contributed by atoms with Crippen molar-refractivity contribution < 1.29 is 8.78 Å². The third-order valence-electron chi connectivity index (χ3n) is 3.39. The number of aromatic nitrogens is 2. The van der Waals surface area contributed by atoms with Gasteiger partial charge in [0.2, 0.25) is 0 Å². The molecule has 0 aliphatic rings. The van der Waals surface area contributed by atoms with Crippen LogP contribution in [0.4, 0.5) is 14.6 Å². The number of nitrogen functional groups attached to an aromatic ring is 1. The molecule has 2 N–H and O–H groups in total. The number of hydrogen-bond donors (Lipinski definition) is 1. The number of fused-ring (bicyclic) bond motifs is 1. The molecule has 2 heterocycles. The number of benzene rings is 1. The second kappa shape index (κ2) is 6.23. The smallest absolute Gasteiger partial charge is 0.168 e. The summed E-state index contributed by atoms with van der Waals surface area (Å²) in [6.07, 6.45) is 2.12. The van der Waals surface area contributed by atoms with Crippen molar-refractivity contribution in [1.29, 1.82) is 0 Å². The molecule has 22 heavy (non-hydrogen) atoms. The number of anilines is 1. The zero-order valence-electron chi connectivity index (χ0n) is 11.8. The van der Waals surface area contributed by atoms with E-state index in [2.05, 4.69) is 9.97 Å². The second-order valence-electron chi connectivity index (χ2n) is 4.71. The van der Waals surface area contributed by atoms with Crippen LogP contribution in [0.5, 0.6) is 0 Å². The Morgan fingerprint density at radius 1 is 1.18 bits per heavy atom. The quantitative estimate of drug-likeness (QED) is 0.771. The second-order valence-corrected chi connectivity index (χ2v) is 4.71. The molecular formula is C16H14ClF2N3. The zero-order chi connectivity index (χ0) is 15.0. The lowest BCUT2D eigenvalue weighted by molar-refractivity contribution is 0.513. The SMILES string of the molecule is CCc1nc(N)ccc1-c1c(F)c(F)cc2cccnc12.Cl. The summed E-state index contributed by atoms with van der Waals surface area (Å²) in [6.45, 7) is 1.89. The fourth-order valence-electron chi connectivity index (χ4n) is 2.43. The van der Waals surface area contributed by atoms with Crippen LogP contribution in [0.1, 0.15) is 12.6 Å². The number of nitrogens with two attached hydrogens (primary N) is 1. The first kappa shape index (κ1) is 16.1. The van der Waals surface area contributed by atoms with E-state index in [-0.39, 0.29) is 18.0 Å². The number of nitrogens with zero attached hydrogens (tertiary/aromatic N) is 2. The molecule has 1 aromatic carbocycles. The summed E-state index contributed by atoms with van der Waals surface area (Å²) >= 11 is 0. The van der Waals surface area contributed by atoms with Crippen molar-refractivity contribution in [3.05, 3.63) is 53.9 Å². The summed E-state index contributed by atoms with van der Waals surface area (Å²) in [6, 6.07) is 7.77. The fraction of sp³-hybridized carbons (Fsp3) is 0.125. The predicted molar refractivity (Wildman–Crippen MR) is 85.9 cm³/mol. The van der Waals surface area contributed by atoms with Gasteiger partial charge in [0, 0.05) is 22.7 Å². The van der Waals surface area contributed by atoms with E-state index in [0.717, 1.165) is 6.07 Å². The first-order valence-electron chi connectivity index (χ1n) is 6.60. The minimum Gasteiger partial charge on any atom is -0.384 e. The van der Waals surface area contributed by atoms with Crippen molar-refractivity contribution in [3.63, 3.8) is 0 Å². The molecule has 0 amide bonds. The molecule has 0 fully saturated rings. The summed E-state index contributed by atoms with van der Waals surface area (Å²) in [5.41, 5.74) is 7.35. The van der Waals surface area contributed by atoms with E-state index in [1.807, 2.05) is 6.92 Å². The van der Waals surface area contributed by atoms with Crippen LogP contribution in [0, 0.1) is 11.6 Å². The monoisotopic (exact) mass is 321 g/mol. The molecule has 0 aliphatic heterocycles. The van der Waals surface area contributed by atoms with Gasteiger partial charge in [-0.15, -0.1) is 12.4 Å². The van der Waals surface area contributed by atoms with Gasteiger partial charge in [-0.1, -0.05) is 13.0 Å². The largest absolute Gasteiger partial charge is 0.384 e. The minimum atomic E-state index is -0.914. The highest BCUT2D eigenvalue weighted by Gasteiger charge is 2.19. The van der Waals surface area contributed by atoms with Crippen molar-refractivity contribution in [2.75, 3.05) is 5.73 Å². The van der Waals surface area contributed by atoms with E-state index >= 15 is 0 Å². The number of hydrogen-bond acceptors (Lipinski definition) is 3. The van der Waals surface area contributed by atoms with Crippen LogP contribution in [-0.4, -0.2) is 9.97 Å². The molecule has 3 aromatic rings. The molecule has 0 bridgehead atoms. The summed E-state index contributed by atoms with van der Waals surface area (Å²) in [5, 5.41) is 0.547. The fourth-order valence-corrected chi connectivity index (χ4v) is 2.43. The number of pyridine rings is 2. The van der Waals surface area contributed by atoms with E-state index in [0.29, 0.717) is 34.4 Å². The predicted octanol–water partition coefficient (Wildman–Crippen LogP) is 4.14. The Balaban J connectivity index is 0.00000176. The van der Waals surface area contributed by atoms with Crippen molar-refractivity contribution in [1.82, 2.24) is 9.97 Å². The molecule has 3 rings (SSSR count). The molecule has 6 heteroatoms. The molecule has 0 radical (unpaired) electrons. The summed E-state index contributed by atoms with van der Waals surface area (Å²) in [4.78, 5) is 8.40. The van der Waals surface area contributed by atoms with Gasteiger partial charge in [-0.2, -0.15) is 0 Å². The first-order valence-corrected chi connectivity index (χ1v) is 6.60. The maximum atomic E-state index is 14.4. The van der Waals surface area contributed by atoms with E-state index in [1.165, 1.54) is 0 Å². The molecular weight excluding hydrogens is 308 g/mol. The van der Waals surface area contributed by atoms with Crippen molar-refractivity contribution in [2.45, 2.75) is 13.3 Å². The van der Waals surface area contributed by atoms with Crippen LogP contribution in [0.2, 0.25) is 0 Å². The molecule has 0 spiro atoms. The zero-order valence-corrected chi connectivity index (χ0v) is 12.6. The van der Waals surface area contributed by atoms with Gasteiger partial charge >= 0.3 is 0 Å². The molecule has 0 atom stereocenters. The van der Waals surface area contributed by atoms with Gasteiger partial charge in [0.05, 0.1) is 11.2 Å². The van der Waals surface area contributed by atoms with Crippen molar-refractivity contribution >= 4 is 29.1 Å². The molecule has 0 saturated carbocycles. The Hall–Kier alpha value is -2.27. The highest BCUT2D eigenvalue weighted by Crippen LogP contribution is 2.33. The van der Waals surface area contributed by atoms with Gasteiger partial charge in [0.25, 0.3) is 0 Å². The van der Waals surface area contributed by atoms with Gasteiger partial charge in [0.15, 0.2) is 11.6 Å². The van der Waals surface area contributed by atoms with Gasteiger partial charge in [-0.25, -0.2) is 13.8 Å². The van der Waals surface area contributed by atoms with Gasteiger partial charge in [0.1, 0.15) is 5.82 Å². The standard InChI is InChI=1S/C16H13F2N3.ClH/c1-2-12-10(5-6-13(19)21-12)14-15(18)11(17)8-9-4-3-7-20-16(9)14;/h3-8H,2H2,1H3,(H2,19,21);1H. The van der Waals surface area contributed by atoms with Crippen LogP contribution in [0.3, 0.4) is 0 Å². The van der Waals surface area contributed by atoms with Crippen molar-refractivity contribution in [2.24, 2.45) is 0 Å². The van der Waals surface area contributed by atoms with E-state index in [9.17, 15) is 8.78 Å². The van der Waals surface area contributed by atoms with E-state index < -0.39 is 11.6 Å². The molecule has 114 valence electrons. The highest BCUT2D eigenvalue weighted by molar-refractivity contribution is 5.94. The molecule has 0 saturated heterocycles. The summed E-state index contributed by atoms with van der Waals surface area (Å²) in [5.74, 6) is -1.46. The lowest BCUT2D eigenvalue weighted by Gasteiger charge is -2.12. The van der Waals surface area contributed by atoms with Crippen LogP contribution < -0.4 is 5.73 Å². The lowest BCUT2D eigenvalue weighted by Crippen LogP contribution is -2.01. The van der Waals surface area contributed by atoms with Crippen molar-refractivity contribution in [3.8, 4) is 11.1 Å². The van der Waals surface area contributed by atoms with Gasteiger partial charge in [-0.05, 0) is 30.7 Å². The van der Waals surface area contributed by atoms with Crippen LogP contribution in [-0.2, 0) is 6.42 Å². The summed E-state index contributed by atoms with van der Waals surface area (Å²) in [7, 11) is 0. The highest BCUT2D eigenvalue weighted by atomic mass is 35.5. The van der Waals surface area contributed by atoms with E-state index in [1.54, 1.807) is 30.5 Å². The average molecular weight is 322 g/mol. The maximum Gasteiger partial charge on any atom is 0.168 e.